The van der Waals surface area contributed by atoms with Gasteiger partial charge in [-0.2, -0.15) is 0 Å². The molecule has 2 aromatic rings. The summed E-state index contributed by atoms with van der Waals surface area (Å²) in [7, 11) is 1.99. The molecule has 2 rings (SSSR count). The molecule has 0 aliphatic carbocycles. The fraction of sp³-hybridized carbons (Fsp3) is 0.250. The van der Waals surface area contributed by atoms with Crippen LogP contribution in [0, 0.1) is 0 Å². The van der Waals surface area contributed by atoms with Crippen molar-refractivity contribution in [3.8, 4) is 0 Å². The Morgan fingerprint density at radius 1 is 1.33 bits per heavy atom. The van der Waals surface area contributed by atoms with Crippen molar-refractivity contribution in [2.45, 2.75) is 12.5 Å². The number of nitrogens with zero attached hydrogens (tertiary/aromatic N) is 2. The molecule has 0 saturated heterocycles. The number of hydrogen-bond acceptors (Lipinski definition) is 2. The topological polar surface area (TPSA) is 43.8 Å². The molecule has 3 heteroatoms. The monoisotopic (exact) mass is 201 g/mol. The molecule has 0 aliphatic heterocycles. The molecule has 2 N–H and O–H groups in total. The zero-order chi connectivity index (χ0) is 10.7. The first-order valence-electron chi connectivity index (χ1n) is 5.04. The SMILES string of the molecule is Cn1ccnc1C[C@H](N)c1ccccc1. The summed E-state index contributed by atoms with van der Waals surface area (Å²) in [6.45, 7) is 0. The quantitative estimate of drug-likeness (QED) is 0.820. The predicted octanol–water partition coefficient (Wildman–Crippen LogP) is 1.66. The summed E-state index contributed by atoms with van der Waals surface area (Å²) < 4.78 is 2.00. The third kappa shape index (κ3) is 2.25. The van der Waals surface area contributed by atoms with E-state index in [9.17, 15) is 0 Å². The lowest BCUT2D eigenvalue weighted by atomic mass is 10.0. The van der Waals surface area contributed by atoms with Crippen molar-refractivity contribution in [1.82, 2.24) is 9.55 Å². The first kappa shape index (κ1) is 9.93. The summed E-state index contributed by atoms with van der Waals surface area (Å²) in [6, 6.07) is 10.1. The Kier molecular flexibility index (Phi) is 2.83. The van der Waals surface area contributed by atoms with Gasteiger partial charge in [0.25, 0.3) is 0 Å². The molecule has 0 spiro atoms. The predicted molar refractivity (Wildman–Crippen MR) is 60.3 cm³/mol. The molecule has 0 saturated carbocycles. The molecule has 0 radical (unpaired) electrons. The number of rotatable bonds is 3. The van der Waals surface area contributed by atoms with Gasteiger partial charge < -0.3 is 10.3 Å². The molecule has 1 aromatic carbocycles. The minimum atomic E-state index is 0.0206. The molecule has 0 amide bonds. The van der Waals surface area contributed by atoms with Crippen LogP contribution in [-0.4, -0.2) is 9.55 Å². The second-order valence-corrected chi connectivity index (χ2v) is 3.68. The zero-order valence-corrected chi connectivity index (χ0v) is 8.80. The second kappa shape index (κ2) is 4.28. The third-order valence-electron chi connectivity index (χ3n) is 2.55. The number of benzene rings is 1. The van der Waals surface area contributed by atoms with E-state index in [0.717, 1.165) is 17.8 Å². The second-order valence-electron chi connectivity index (χ2n) is 3.68. The van der Waals surface area contributed by atoms with E-state index in [0.29, 0.717) is 0 Å². The molecule has 1 atom stereocenters. The average Bonchev–Trinajstić information content (AvgIpc) is 2.66. The average molecular weight is 201 g/mol. The van der Waals surface area contributed by atoms with Gasteiger partial charge in [0.1, 0.15) is 5.82 Å². The van der Waals surface area contributed by atoms with E-state index < -0.39 is 0 Å². The summed E-state index contributed by atoms with van der Waals surface area (Å²) in [6.07, 6.45) is 4.51. The first-order chi connectivity index (χ1) is 7.27. The van der Waals surface area contributed by atoms with Crippen molar-refractivity contribution in [1.29, 1.82) is 0 Å². The smallest absolute Gasteiger partial charge is 0.110 e. The normalized spacial score (nSPS) is 12.7. The molecule has 3 nitrogen and oxygen atoms in total. The maximum absolute atomic E-state index is 6.10. The number of aryl methyl sites for hydroxylation is 1. The molecule has 1 aromatic heterocycles. The highest BCUT2D eigenvalue weighted by atomic mass is 15.0. The van der Waals surface area contributed by atoms with Crippen LogP contribution in [0.4, 0.5) is 0 Å². The number of imidazole rings is 1. The number of aromatic nitrogens is 2. The number of nitrogens with two attached hydrogens (primary N) is 1. The standard InChI is InChI=1S/C12H15N3/c1-15-8-7-14-12(15)9-11(13)10-5-3-2-4-6-10/h2-8,11H,9,13H2,1H3/t11-/m0/s1. The highest BCUT2D eigenvalue weighted by Gasteiger charge is 2.08. The highest BCUT2D eigenvalue weighted by Crippen LogP contribution is 2.13. The summed E-state index contributed by atoms with van der Waals surface area (Å²) in [5.41, 5.74) is 7.26. The van der Waals surface area contributed by atoms with Gasteiger partial charge in [-0.15, -0.1) is 0 Å². The molecule has 0 aliphatic rings. The Bertz CT molecular complexity index is 419. The van der Waals surface area contributed by atoms with Crippen LogP contribution < -0.4 is 5.73 Å². The molecule has 0 bridgehead atoms. The fourth-order valence-electron chi connectivity index (χ4n) is 1.61. The van der Waals surface area contributed by atoms with Gasteiger partial charge >= 0.3 is 0 Å². The molecular formula is C12H15N3. The Hall–Kier alpha value is -1.61. The minimum absolute atomic E-state index is 0.0206. The van der Waals surface area contributed by atoms with E-state index in [2.05, 4.69) is 4.98 Å². The zero-order valence-electron chi connectivity index (χ0n) is 8.80. The van der Waals surface area contributed by atoms with Crippen LogP contribution in [0.15, 0.2) is 42.7 Å². The van der Waals surface area contributed by atoms with Crippen molar-refractivity contribution < 1.29 is 0 Å². The van der Waals surface area contributed by atoms with Crippen LogP contribution in [0.3, 0.4) is 0 Å². The van der Waals surface area contributed by atoms with Gasteiger partial charge in [-0.05, 0) is 5.56 Å². The van der Waals surface area contributed by atoms with Crippen LogP contribution in [0.5, 0.6) is 0 Å². The van der Waals surface area contributed by atoms with Crippen LogP contribution in [0.1, 0.15) is 17.4 Å². The summed E-state index contributed by atoms with van der Waals surface area (Å²) >= 11 is 0. The lowest BCUT2D eigenvalue weighted by molar-refractivity contribution is 0.659. The van der Waals surface area contributed by atoms with E-state index in [-0.39, 0.29) is 6.04 Å². The van der Waals surface area contributed by atoms with Crippen LogP contribution in [-0.2, 0) is 13.5 Å². The van der Waals surface area contributed by atoms with Crippen molar-refractivity contribution >= 4 is 0 Å². The van der Waals surface area contributed by atoms with E-state index in [1.54, 1.807) is 6.20 Å². The van der Waals surface area contributed by atoms with E-state index in [1.165, 1.54) is 0 Å². The molecule has 78 valence electrons. The summed E-state index contributed by atoms with van der Waals surface area (Å²) in [5, 5.41) is 0. The molecular weight excluding hydrogens is 186 g/mol. The Morgan fingerprint density at radius 2 is 2.07 bits per heavy atom. The van der Waals surface area contributed by atoms with Crippen molar-refractivity contribution in [3.05, 3.63) is 54.1 Å². The highest BCUT2D eigenvalue weighted by molar-refractivity contribution is 5.19. The Balaban J connectivity index is 2.11. The van der Waals surface area contributed by atoms with Gasteiger partial charge in [-0.3, -0.25) is 0 Å². The van der Waals surface area contributed by atoms with Crippen LogP contribution >= 0.6 is 0 Å². The first-order valence-corrected chi connectivity index (χ1v) is 5.04. The molecule has 0 fully saturated rings. The summed E-state index contributed by atoms with van der Waals surface area (Å²) in [5.74, 6) is 1.02. The van der Waals surface area contributed by atoms with Gasteiger partial charge in [-0.25, -0.2) is 4.98 Å². The Labute approximate surface area is 89.6 Å². The van der Waals surface area contributed by atoms with Gasteiger partial charge in [0.15, 0.2) is 0 Å². The Morgan fingerprint density at radius 3 is 2.67 bits per heavy atom. The van der Waals surface area contributed by atoms with Crippen LogP contribution in [0.25, 0.3) is 0 Å². The van der Waals surface area contributed by atoms with Gasteiger partial charge in [-0.1, -0.05) is 30.3 Å². The minimum Gasteiger partial charge on any atom is -0.338 e. The van der Waals surface area contributed by atoms with Crippen molar-refractivity contribution in [2.24, 2.45) is 12.8 Å². The lowest BCUT2D eigenvalue weighted by Gasteiger charge is -2.11. The van der Waals surface area contributed by atoms with E-state index in [4.69, 9.17) is 5.73 Å². The fourth-order valence-corrected chi connectivity index (χ4v) is 1.61. The molecule has 0 unspecified atom stereocenters. The maximum Gasteiger partial charge on any atom is 0.110 e. The van der Waals surface area contributed by atoms with E-state index in [1.807, 2.05) is 48.1 Å². The molecule has 15 heavy (non-hydrogen) atoms. The van der Waals surface area contributed by atoms with Gasteiger partial charge in [0, 0.05) is 31.9 Å². The van der Waals surface area contributed by atoms with Gasteiger partial charge in [0.2, 0.25) is 0 Å². The third-order valence-corrected chi connectivity index (χ3v) is 2.55. The maximum atomic E-state index is 6.10. The largest absolute Gasteiger partial charge is 0.338 e. The summed E-state index contributed by atoms with van der Waals surface area (Å²) in [4.78, 5) is 4.26. The van der Waals surface area contributed by atoms with Gasteiger partial charge in [0.05, 0.1) is 0 Å². The molecule has 1 heterocycles. The lowest BCUT2D eigenvalue weighted by Crippen LogP contribution is -2.15. The van der Waals surface area contributed by atoms with Crippen LogP contribution in [0.2, 0.25) is 0 Å². The van der Waals surface area contributed by atoms with E-state index >= 15 is 0 Å². The van der Waals surface area contributed by atoms with Crippen molar-refractivity contribution in [2.75, 3.05) is 0 Å². The number of hydrogen-bond donors (Lipinski definition) is 1. The van der Waals surface area contributed by atoms with Crippen molar-refractivity contribution in [3.63, 3.8) is 0 Å².